The van der Waals surface area contributed by atoms with Gasteiger partial charge in [0.1, 0.15) is 0 Å². The highest BCUT2D eigenvalue weighted by atomic mass is 19.4. The molecule has 0 saturated carbocycles. The summed E-state index contributed by atoms with van der Waals surface area (Å²) in [6.45, 7) is 1.19. The van der Waals surface area contributed by atoms with Crippen LogP contribution in [0.15, 0.2) is 0 Å². The normalized spacial score (nSPS) is 17.7. The van der Waals surface area contributed by atoms with E-state index in [1.54, 1.807) is 11.8 Å². The van der Waals surface area contributed by atoms with Crippen LogP contribution in [0.1, 0.15) is 19.8 Å². The van der Waals surface area contributed by atoms with Crippen molar-refractivity contribution in [3.05, 3.63) is 0 Å². The molecule has 0 bridgehead atoms. The molecule has 2 N–H and O–H groups in total. The largest absolute Gasteiger partial charge is 0.401 e. The van der Waals surface area contributed by atoms with Gasteiger partial charge in [-0.25, -0.2) is 0 Å². The van der Waals surface area contributed by atoms with E-state index in [4.69, 9.17) is 0 Å². The van der Waals surface area contributed by atoms with Crippen LogP contribution in [0.5, 0.6) is 0 Å². The lowest BCUT2D eigenvalue weighted by Gasteiger charge is -2.21. The summed E-state index contributed by atoms with van der Waals surface area (Å²) in [6.07, 6.45) is -2.99. The predicted molar refractivity (Wildman–Crippen MR) is 62.3 cm³/mol. The molecule has 8 heteroatoms. The number of carbonyl (C=O) groups is 2. The summed E-state index contributed by atoms with van der Waals surface area (Å²) < 4.78 is 35.5. The van der Waals surface area contributed by atoms with Gasteiger partial charge in [-0.3, -0.25) is 9.59 Å². The third-order valence-electron chi connectivity index (χ3n) is 2.68. The van der Waals surface area contributed by atoms with Crippen LogP contribution < -0.4 is 10.6 Å². The molecule has 1 atom stereocenters. The van der Waals surface area contributed by atoms with Crippen LogP contribution in [0, 0.1) is 0 Å². The SMILES string of the molecule is CC(CN1CCCC1=O)NC(=O)CNCC(F)(F)F. The van der Waals surface area contributed by atoms with Crippen molar-refractivity contribution >= 4 is 11.8 Å². The van der Waals surface area contributed by atoms with Crippen LogP contribution in [-0.4, -0.2) is 55.1 Å². The molecule has 0 aromatic rings. The van der Waals surface area contributed by atoms with Gasteiger partial charge in [-0.2, -0.15) is 13.2 Å². The van der Waals surface area contributed by atoms with E-state index in [-0.39, 0.29) is 11.9 Å². The average molecular weight is 281 g/mol. The van der Waals surface area contributed by atoms with Gasteiger partial charge in [0.05, 0.1) is 13.1 Å². The first kappa shape index (κ1) is 15.7. The van der Waals surface area contributed by atoms with E-state index in [0.29, 0.717) is 19.5 Å². The molecule has 110 valence electrons. The smallest absolute Gasteiger partial charge is 0.351 e. The minimum absolute atomic E-state index is 0.0521. The monoisotopic (exact) mass is 281 g/mol. The summed E-state index contributed by atoms with van der Waals surface area (Å²) in [5.74, 6) is -0.459. The van der Waals surface area contributed by atoms with Gasteiger partial charge in [-0.1, -0.05) is 0 Å². The van der Waals surface area contributed by atoms with Gasteiger partial charge in [0.25, 0.3) is 0 Å². The minimum atomic E-state index is -4.33. The summed E-state index contributed by atoms with van der Waals surface area (Å²) in [4.78, 5) is 24.4. The van der Waals surface area contributed by atoms with Crippen molar-refractivity contribution in [3.8, 4) is 0 Å². The number of nitrogens with zero attached hydrogens (tertiary/aromatic N) is 1. The van der Waals surface area contributed by atoms with Gasteiger partial charge in [0.2, 0.25) is 11.8 Å². The first-order chi connectivity index (χ1) is 8.78. The van der Waals surface area contributed by atoms with Crippen molar-refractivity contribution in [2.24, 2.45) is 0 Å². The molecule has 2 amide bonds. The number of carbonyl (C=O) groups excluding carboxylic acids is 2. The van der Waals surface area contributed by atoms with Gasteiger partial charge in [0.15, 0.2) is 0 Å². The zero-order valence-corrected chi connectivity index (χ0v) is 10.7. The molecule has 1 unspecified atom stereocenters. The van der Waals surface area contributed by atoms with Crippen LogP contribution in [0.2, 0.25) is 0 Å². The number of amides is 2. The molecule has 0 radical (unpaired) electrons. The van der Waals surface area contributed by atoms with Crippen LogP contribution in [0.3, 0.4) is 0 Å². The van der Waals surface area contributed by atoms with E-state index in [2.05, 4.69) is 5.32 Å². The van der Waals surface area contributed by atoms with E-state index >= 15 is 0 Å². The number of rotatable bonds is 6. The fourth-order valence-corrected chi connectivity index (χ4v) is 1.92. The van der Waals surface area contributed by atoms with Crippen LogP contribution in [0.25, 0.3) is 0 Å². The molecule has 1 heterocycles. The summed E-state index contributed by atoms with van der Waals surface area (Å²) >= 11 is 0. The average Bonchev–Trinajstić information content (AvgIpc) is 2.62. The number of likely N-dealkylation sites (tertiary alicyclic amines) is 1. The second kappa shape index (κ2) is 6.74. The Morgan fingerprint density at radius 3 is 2.68 bits per heavy atom. The Morgan fingerprint density at radius 2 is 2.16 bits per heavy atom. The summed E-state index contributed by atoms with van der Waals surface area (Å²) in [7, 11) is 0. The maximum Gasteiger partial charge on any atom is 0.401 e. The quantitative estimate of drug-likeness (QED) is 0.734. The van der Waals surface area contributed by atoms with E-state index in [1.165, 1.54) is 0 Å². The maximum atomic E-state index is 11.8. The zero-order valence-electron chi connectivity index (χ0n) is 10.7. The molecule has 1 aliphatic heterocycles. The Bertz CT molecular complexity index is 334. The highest BCUT2D eigenvalue weighted by molar-refractivity contribution is 5.79. The summed E-state index contributed by atoms with van der Waals surface area (Å²) in [6, 6.07) is -0.276. The van der Waals surface area contributed by atoms with E-state index in [9.17, 15) is 22.8 Å². The first-order valence-corrected chi connectivity index (χ1v) is 6.12. The number of hydrogen-bond donors (Lipinski definition) is 2. The van der Waals surface area contributed by atoms with E-state index in [0.717, 1.165) is 6.42 Å². The van der Waals surface area contributed by atoms with Crippen molar-refractivity contribution in [1.82, 2.24) is 15.5 Å². The third kappa shape index (κ3) is 6.42. The number of hydrogen-bond acceptors (Lipinski definition) is 3. The second-order valence-electron chi connectivity index (χ2n) is 4.63. The van der Waals surface area contributed by atoms with Crippen molar-refractivity contribution in [1.29, 1.82) is 0 Å². The fraction of sp³-hybridized carbons (Fsp3) is 0.818. The fourth-order valence-electron chi connectivity index (χ4n) is 1.92. The van der Waals surface area contributed by atoms with Crippen molar-refractivity contribution in [3.63, 3.8) is 0 Å². The third-order valence-corrected chi connectivity index (χ3v) is 2.68. The molecular formula is C11H18F3N3O2. The second-order valence-corrected chi connectivity index (χ2v) is 4.63. The van der Waals surface area contributed by atoms with E-state index < -0.39 is 25.2 Å². The van der Waals surface area contributed by atoms with Crippen molar-refractivity contribution in [2.45, 2.75) is 32.0 Å². The molecule has 0 aliphatic carbocycles. The molecule has 0 aromatic carbocycles. The number of nitrogens with one attached hydrogen (secondary N) is 2. The molecule has 1 fully saturated rings. The van der Waals surface area contributed by atoms with Gasteiger partial charge in [0, 0.05) is 25.6 Å². The van der Waals surface area contributed by atoms with E-state index in [1.807, 2.05) is 5.32 Å². The Balaban J connectivity index is 2.19. The highest BCUT2D eigenvalue weighted by Crippen LogP contribution is 2.12. The summed E-state index contributed by atoms with van der Waals surface area (Å²) in [5.41, 5.74) is 0. The molecule has 19 heavy (non-hydrogen) atoms. The predicted octanol–water partition coefficient (Wildman–Crippen LogP) is 0.265. The Hall–Kier alpha value is -1.31. The molecular weight excluding hydrogens is 263 g/mol. The maximum absolute atomic E-state index is 11.8. The number of alkyl halides is 3. The van der Waals surface area contributed by atoms with Crippen LogP contribution >= 0.6 is 0 Å². The van der Waals surface area contributed by atoms with Gasteiger partial charge >= 0.3 is 6.18 Å². The van der Waals surface area contributed by atoms with Crippen molar-refractivity contribution in [2.75, 3.05) is 26.2 Å². The zero-order chi connectivity index (χ0) is 14.5. The topological polar surface area (TPSA) is 61.4 Å². The van der Waals surface area contributed by atoms with Gasteiger partial charge in [-0.15, -0.1) is 0 Å². The highest BCUT2D eigenvalue weighted by Gasteiger charge is 2.27. The molecule has 0 spiro atoms. The van der Waals surface area contributed by atoms with Crippen molar-refractivity contribution < 1.29 is 22.8 Å². The standard InChI is InChI=1S/C11H18F3N3O2/c1-8(6-17-4-2-3-10(17)19)16-9(18)5-15-7-11(12,13)14/h8,15H,2-7H2,1H3,(H,16,18). The summed E-state index contributed by atoms with van der Waals surface area (Å²) in [5, 5.41) is 4.57. The van der Waals surface area contributed by atoms with Crippen LogP contribution in [-0.2, 0) is 9.59 Å². The van der Waals surface area contributed by atoms with Gasteiger partial charge in [-0.05, 0) is 13.3 Å². The van der Waals surface area contributed by atoms with Crippen LogP contribution in [0.4, 0.5) is 13.2 Å². The molecule has 1 aliphatic rings. The Morgan fingerprint density at radius 1 is 1.47 bits per heavy atom. The minimum Gasteiger partial charge on any atom is -0.351 e. The number of halogens is 3. The Kier molecular flexibility index (Phi) is 5.59. The van der Waals surface area contributed by atoms with Gasteiger partial charge < -0.3 is 15.5 Å². The molecule has 1 saturated heterocycles. The lowest BCUT2D eigenvalue weighted by Crippen LogP contribution is -2.46. The lowest BCUT2D eigenvalue weighted by molar-refractivity contribution is -0.130. The lowest BCUT2D eigenvalue weighted by atomic mass is 10.3. The molecule has 5 nitrogen and oxygen atoms in total. The Labute approximate surface area is 109 Å². The molecule has 0 aromatic heterocycles. The first-order valence-electron chi connectivity index (χ1n) is 6.12. The molecule has 1 rings (SSSR count).